The Bertz CT molecular complexity index is 626. The Morgan fingerprint density at radius 1 is 1.37 bits per heavy atom. The fourth-order valence-electron chi connectivity index (χ4n) is 1.65. The van der Waals surface area contributed by atoms with Crippen molar-refractivity contribution in [3.05, 3.63) is 51.9 Å². The molecule has 19 heavy (non-hydrogen) atoms. The van der Waals surface area contributed by atoms with Gasteiger partial charge in [0, 0.05) is 10.2 Å². The van der Waals surface area contributed by atoms with Crippen LogP contribution in [-0.4, -0.2) is 16.1 Å². The number of aromatic nitrogens is 1. The van der Waals surface area contributed by atoms with Crippen molar-refractivity contribution < 1.29 is 14.3 Å². The van der Waals surface area contributed by atoms with Gasteiger partial charge in [-0.15, -0.1) is 0 Å². The van der Waals surface area contributed by atoms with E-state index in [1.807, 2.05) is 19.1 Å². The van der Waals surface area contributed by atoms with Crippen molar-refractivity contribution >= 4 is 33.4 Å². The van der Waals surface area contributed by atoms with Gasteiger partial charge in [0.1, 0.15) is 17.2 Å². The molecule has 6 heteroatoms. The molecule has 0 aliphatic carbocycles. The molecule has 2 rings (SSSR count). The molecule has 0 radical (unpaired) electrons. The monoisotopic (exact) mass is 324 g/mol. The number of carboxylic acids is 1. The molecule has 0 unspecified atom stereocenters. The number of hydrogen-bond acceptors (Lipinski definition) is 3. The average molecular weight is 325 g/mol. The third kappa shape index (κ3) is 3.29. The molecule has 0 amide bonds. The molecule has 2 N–H and O–H groups in total. The molecule has 0 saturated carbocycles. The zero-order valence-electron chi connectivity index (χ0n) is 9.95. The molecule has 0 atom stereocenters. The fraction of sp³-hybridized carbons (Fsp3) is 0.0769. The number of pyridine rings is 1. The van der Waals surface area contributed by atoms with Crippen LogP contribution in [0.1, 0.15) is 15.9 Å². The molecule has 0 fully saturated rings. The van der Waals surface area contributed by atoms with Gasteiger partial charge in [-0.3, -0.25) is 0 Å². The maximum absolute atomic E-state index is 13.0. The summed E-state index contributed by atoms with van der Waals surface area (Å²) in [6.45, 7) is 1.91. The van der Waals surface area contributed by atoms with Crippen molar-refractivity contribution in [2.45, 2.75) is 6.92 Å². The van der Waals surface area contributed by atoms with Crippen LogP contribution < -0.4 is 5.32 Å². The molecule has 1 aromatic carbocycles. The molecule has 1 aromatic heterocycles. The smallest absolute Gasteiger partial charge is 0.339 e. The number of halogens is 2. The molecule has 1 heterocycles. The van der Waals surface area contributed by atoms with Crippen molar-refractivity contribution in [1.29, 1.82) is 0 Å². The van der Waals surface area contributed by atoms with Gasteiger partial charge in [-0.05, 0) is 36.8 Å². The Labute approximate surface area is 117 Å². The van der Waals surface area contributed by atoms with Crippen LogP contribution in [0.2, 0.25) is 0 Å². The van der Waals surface area contributed by atoms with Crippen molar-refractivity contribution in [3.63, 3.8) is 0 Å². The highest BCUT2D eigenvalue weighted by atomic mass is 79.9. The topological polar surface area (TPSA) is 62.2 Å². The number of carbonyl (C=O) groups is 1. The van der Waals surface area contributed by atoms with Gasteiger partial charge in [-0.2, -0.15) is 0 Å². The van der Waals surface area contributed by atoms with E-state index in [1.54, 1.807) is 6.07 Å². The summed E-state index contributed by atoms with van der Waals surface area (Å²) in [7, 11) is 0. The number of rotatable bonds is 3. The van der Waals surface area contributed by atoms with E-state index in [0.717, 1.165) is 22.3 Å². The highest BCUT2D eigenvalue weighted by Crippen LogP contribution is 2.24. The van der Waals surface area contributed by atoms with Gasteiger partial charge in [-0.1, -0.05) is 15.9 Å². The summed E-state index contributed by atoms with van der Waals surface area (Å²) in [6, 6.07) is 6.47. The van der Waals surface area contributed by atoms with E-state index >= 15 is 0 Å². The van der Waals surface area contributed by atoms with Gasteiger partial charge in [0.05, 0.1) is 6.20 Å². The van der Waals surface area contributed by atoms with Gasteiger partial charge in [0.2, 0.25) is 0 Å². The molecule has 98 valence electrons. The molecular formula is C13H10BrFN2O2. The van der Waals surface area contributed by atoms with E-state index in [2.05, 4.69) is 26.2 Å². The molecule has 2 aromatic rings. The van der Waals surface area contributed by atoms with Crippen LogP contribution in [0.4, 0.5) is 15.9 Å². The number of aromatic carboxylic acids is 1. The third-order valence-corrected chi connectivity index (χ3v) is 2.85. The lowest BCUT2D eigenvalue weighted by Gasteiger charge is -2.09. The summed E-state index contributed by atoms with van der Waals surface area (Å²) < 4.78 is 13.9. The predicted octanol–water partition coefficient (Wildman–Crippen LogP) is 3.73. The molecule has 4 nitrogen and oxygen atoms in total. The zero-order chi connectivity index (χ0) is 14.0. The molecule has 0 aliphatic heterocycles. The predicted molar refractivity (Wildman–Crippen MR) is 73.3 cm³/mol. The van der Waals surface area contributed by atoms with Crippen molar-refractivity contribution in [1.82, 2.24) is 4.98 Å². The van der Waals surface area contributed by atoms with E-state index in [9.17, 15) is 9.18 Å². The SMILES string of the molecule is Cc1cc(Br)cc(Nc2ncc(F)cc2C(=O)O)c1. The second-order valence-electron chi connectivity index (χ2n) is 4.00. The van der Waals surface area contributed by atoms with Crippen LogP contribution in [0.15, 0.2) is 34.9 Å². The van der Waals surface area contributed by atoms with Crippen molar-refractivity contribution in [3.8, 4) is 0 Å². The lowest BCUT2D eigenvalue weighted by Crippen LogP contribution is -2.05. The Morgan fingerprint density at radius 3 is 2.74 bits per heavy atom. The molecule has 0 spiro atoms. The summed E-state index contributed by atoms with van der Waals surface area (Å²) in [4.78, 5) is 14.8. The number of nitrogens with zero attached hydrogens (tertiary/aromatic N) is 1. The highest BCUT2D eigenvalue weighted by Gasteiger charge is 2.13. The quantitative estimate of drug-likeness (QED) is 0.902. The van der Waals surface area contributed by atoms with Crippen molar-refractivity contribution in [2.24, 2.45) is 0 Å². The first kappa shape index (κ1) is 13.5. The van der Waals surface area contributed by atoms with Crippen LogP contribution in [0.3, 0.4) is 0 Å². The summed E-state index contributed by atoms with van der Waals surface area (Å²) >= 11 is 3.35. The summed E-state index contributed by atoms with van der Waals surface area (Å²) in [5, 5.41) is 11.9. The number of aryl methyl sites for hydroxylation is 1. The van der Waals surface area contributed by atoms with Gasteiger partial charge in [-0.25, -0.2) is 14.2 Å². The lowest BCUT2D eigenvalue weighted by molar-refractivity contribution is 0.0697. The average Bonchev–Trinajstić information content (AvgIpc) is 2.30. The van der Waals surface area contributed by atoms with Gasteiger partial charge in [0.25, 0.3) is 0 Å². The lowest BCUT2D eigenvalue weighted by atomic mass is 10.2. The Kier molecular flexibility index (Phi) is 3.80. The largest absolute Gasteiger partial charge is 0.478 e. The number of benzene rings is 1. The second kappa shape index (κ2) is 5.36. The zero-order valence-corrected chi connectivity index (χ0v) is 11.5. The summed E-state index contributed by atoms with van der Waals surface area (Å²) in [5.41, 5.74) is 1.46. The van der Waals surface area contributed by atoms with Crippen LogP contribution in [0.5, 0.6) is 0 Å². The van der Waals surface area contributed by atoms with Crippen LogP contribution in [-0.2, 0) is 0 Å². The third-order valence-electron chi connectivity index (χ3n) is 2.39. The fourth-order valence-corrected chi connectivity index (χ4v) is 2.25. The summed E-state index contributed by atoms with van der Waals surface area (Å²) in [5.74, 6) is -1.82. The Morgan fingerprint density at radius 2 is 2.11 bits per heavy atom. The van der Waals surface area contributed by atoms with E-state index < -0.39 is 11.8 Å². The van der Waals surface area contributed by atoms with Crippen molar-refractivity contribution in [2.75, 3.05) is 5.32 Å². The van der Waals surface area contributed by atoms with Crippen LogP contribution in [0, 0.1) is 12.7 Å². The van der Waals surface area contributed by atoms with E-state index in [0.29, 0.717) is 5.69 Å². The Hall–Kier alpha value is -1.95. The standard InChI is InChI=1S/C13H10BrFN2O2/c1-7-2-8(14)4-10(3-7)17-12-11(13(18)19)5-9(15)6-16-12/h2-6H,1H3,(H,16,17)(H,18,19). The van der Waals surface area contributed by atoms with Crippen LogP contribution in [0.25, 0.3) is 0 Å². The molecule has 0 bridgehead atoms. The first-order chi connectivity index (χ1) is 8.95. The minimum absolute atomic E-state index is 0.103. The Balaban J connectivity index is 2.40. The van der Waals surface area contributed by atoms with E-state index in [-0.39, 0.29) is 11.4 Å². The van der Waals surface area contributed by atoms with E-state index in [4.69, 9.17) is 5.11 Å². The van der Waals surface area contributed by atoms with Gasteiger partial charge >= 0.3 is 5.97 Å². The highest BCUT2D eigenvalue weighted by molar-refractivity contribution is 9.10. The van der Waals surface area contributed by atoms with E-state index in [1.165, 1.54) is 0 Å². The summed E-state index contributed by atoms with van der Waals surface area (Å²) in [6.07, 6.45) is 0.972. The minimum atomic E-state index is -1.23. The second-order valence-corrected chi connectivity index (χ2v) is 4.91. The first-order valence-electron chi connectivity index (χ1n) is 5.39. The number of anilines is 2. The maximum Gasteiger partial charge on any atom is 0.339 e. The molecule has 0 aliphatic rings. The molecule has 0 saturated heterocycles. The normalized spacial score (nSPS) is 10.3. The van der Waals surface area contributed by atoms with Gasteiger partial charge in [0.15, 0.2) is 0 Å². The first-order valence-corrected chi connectivity index (χ1v) is 6.18. The number of nitrogens with one attached hydrogen (secondary N) is 1. The molecular weight excluding hydrogens is 315 g/mol. The van der Waals surface area contributed by atoms with Gasteiger partial charge < -0.3 is 10.4 Å². The number of hydrogen-bond donors (Lipinski definition) is 2. The maximum atomic E-state index is 13.0. The number of carboxylic acid groups (broad SMARTS) is 1. The van der Waals surface area contributed by atoms with Crippen LogP contribution >= 0.6 is 15.9 Å². The minimum Gasteiger partial charge on any atom is -0.478 e.